The van der Waals surface area contributed by atoms with Crippen molar-refractivity contribution in [2.24, 2.45) is 12.8 Å². The van der Waals surface area contributed by atoms with Crippen LogP contribution in [0.3, 0.4) is 0 Å². The van der Waals surface area contributed by atoms with E-state index < -0.39 is 0 Å². The third-order valence-electron chi connectivity index (χ3n) is 3.13. The molecular formula is C11H19N3OS. The molecule has 0 aliphatic heterocycles. The van der Waals surface area contributed by atoms with E-state index in [1.54, 1.807) is 0 Å². The van der Waals surface area contributed by atoms with Crippen molar-refractivity contribution < 1.29 is 5.11 Å². The molecule has 1 heterocycles. The minimum Gasteiger partial charge on any atom is -0.394 e. The average Bonchev–Trinajstić information content (AvgIpc) is 2.64. The van der Waals surface area contributed by atoms with Gasteiger partial charge < -0.3 is 10.8 Å². The summed E-state index contributed by atoms with van der Waals surface area (Å²) in [6, 6.07) is 0. The third kappa shape index (κ3) is 2.78. The second-order valence-electron chi connectivity index (χ2n) is 4.71. The predicted octanol–water partition coefficient (Wildman–Crippen LogP) is 1.14. The Kier molecular flexibility index (Phi) is 3.56. The highest BCUT2D eigenvalue weighted by atomic mass is 32.2. The van der Waals surface area contributed by atoms with Gasteiger partial charge in [-0.2, -0.15) is 5.10 Å². The molecule has 0 saturated heterocycles. The van der Waals surface area contributed by atoms with Gasteiger partial charge in [0, 0.05) is 28.9 Å². The fourth-order valence-corrected chi connectivity index (χ4v) is 3.64. The zero-order valence-electron chi connectivity index (χ0n) is 9.59. The van der Waals surface area contributed by atoms with Crippen LogP contribution in [0, 0.1) is 0 Å². The number of nitrogens with zero attached hydrogens (tertiary/aromatic N) is 2. The molecule has 90 valence electrons. The number of hydrogen-bond acceptors (Lipinski definition) is 4. The molecule has 1 aromatic heterocycles. The maximum atomic E-state index is 9.29. The Labute approximate surface area is 100 Å². The zero-order valence-corrected chi connectivity index (χ0v) is 10.4. The van der Waals surface area contributed by atoms with Crippen LogP contribution in [-0.4, -0.2) is 32.3 Å². The van der Waals surface area contributed by atoms with Crippen LogP contribution in [-0.2, 0) is 7.05 Å². The van der Waals surface area contributed by atoms with Crippen molar-refractivity contribution >= 4 is 11.8 Å². The van der Waals surface area contributed by atoms with Gasteiger partial charge in [-0.1, -0.05) is 6.42 Å². The van der Waals surface area contributed by atoms with E-state index in [1.807, 2.05) is 35.9 Å². The van der Waals surface area contributed by atoms with E-state index in [1.165, 1.54) is 11.3 Å². The van der Waals surface area contributed by atoms with Crippen LogP contribution in [0.5, 0.6) is 0 Å². The molecule has 0 spiro atoms. The molecule has 5 heteroatoms. The van der Waals surface area contributed by atoms with Crippen molar-refractivity contribution in [3.63, 3.8) is 0 Å². The van der Waals surface area contributed by atoms with Gasteiger partial charge in [0.25, 0.3) is 0 Å². The molecule has 16 heavy (non-hydrogen) atoms. The first-order valence-electron chi connectivity index (χ1n) is 5.66. The molecular weight excluding hydrogens is 222 g/mol. The number of aliphatic hydroxyl groups excluding tert-OH is 1. The van der Waals surface area contributed by atoms with Crippen molar-refractivity contribution in [2.45, 2.75) is 41.4 Å². The average molecular weight is 241 g/mol. The Morgan fingerprint density at radius 2 is 2.56 bits per heavy atom. The van der Waals surface area contributed by atoms with Crippen molar-refractivity contribution in [3.8, 4) is 0 Å². The Morgan fingerprint density at radius 1 is 1.75 bits per heavy atom. The highest BCUT2D eigenvalue weighted by Crippen LogP contribution is 2.36. The zero-order chi connectivity index (χ0) is 11.6. The van der Waals surface area contributed by atoms with Crippen LogP contribution in [0.15, 0.2) is 17.3 Å². The smallest absolute Gasteiger partial charge is 0.0625 e. The normalized spacial score (nSPS) is 30.6. The minimum absolute atomic E-state index is 0.0943. The second kappa shape index (κ2) is 4.77. The quantitative estimate of drug-likeness (QED) is 0.833. The Bertz CT molecular complexity index is 355. The third-order valence-corrected chi connectivity index (χ3v) is 4.35. The molecule has 0 bridgehead atoms. The molecule has 1 aliphatic carbocycles. The molecule has 0 amide bonds. The summed E-state index contributed by atoms with van der Waals surface area (Å²) in [5.41, 5.74) is 5.76. The van der Waals surface area contributed by atoms with Gasteiger partial charge in [0.15, 0.2) is 0 Å². The van der Waals surface area contributed by atoms with E-state index in [0.717, 1.165) is 19.3 Å². The molecule has 0 aromatic carbocycles. The summed E-state index contributed by atoms with van der Waals surface area (Å²) in [5.74, 6) is 0. The monoisotopic (exact) mass is 241 g/mol. The predicted molar refractivity (Wildman–Crippen MR) is 65.3 cm³/mol. The first-order chi connectivity index (χ1) is 7.61. The van der Waals surface area contributed by atoms with Crippen molar-refractivity contribution in [2.75, 3.05) is 6.61 Å². The van der Waals surface area contributed by atoms with Gasteiger partial charge in [0.05, 0.1) is 12.8 Å². The molecule has 0 radical (unpaired) electrons. The van der Waals surface area contributed by atoms with E-state index in [9.17, 15) is 5.11 Å². The summed E-state index contributed by atoms with van der Waals surface area (Å²) in [6.45, 7) is 0.0943. The SMILES string of the molecule is Cn1cc(SC2CCCC(N)(CO)C2)cn1. The van der Waals surface area contributed by atoms with E-state index >= 15 is 0 Å². The van der Waals surface area contributed by atoms with Gasteiger partial charge >= 0.3 is 0 Å². The van der Waals surface area contributed by atoms with Gasteiger partial charge in [0.1, 0.15) is 0 Å². The molecule has 1 aliphatic rings. The topological polar surface area (TPSA) is 64.1 Å². The number of nitrogens with two attached hydrogens (primary N) is 1. The molecule has 2 atom stereocenters. The van der Waals surface area contributed by atoms with Crippen molar-refractivity contribution in [3.05, 3.63) is 12.4 Å². The summed E-state index contributed by atoms with van der Waals surface area (Å²) < 4.78 is 1.81. The van der Waals surface area contributed by atoms with Gasteiger partial charge in [-0.05, 0) is 19.3 Å². The highest BCUT2D eigenvalue weighted by Gasteiger charge is 2.32. The van der Waals surface area contributed by atoms with Gasteiger partial charge in [0.2, 0.25) is 0 Å². The van der Waals surface area contributed by atoms with Crippen LogP contribution in [0.2, 0.25) is 0 Å². The van der Waals surface area contributed by atoms with Gasteiger partial charge in [-0.25, -0.2) is 0 Å². The Morgan fingerprint density at radius 3 is 3.19 bits per heavy atom. The fraction of sp³-hybridized carbons (Fsp3) is 0.727. The summed E-state index contributed by atoms with van der Waals surface area (Å²) in [4.78, 5) is 1.19. The molecule has 1 aromatic rings. The lowest BCUT2D eigenvalue weighted by atomic mass is 9.83. The lowest BCUT2D eigenvalue weighted by Crippen LogP contribution is -2.48. The number of hydrogen-bond donors (Lipinski definition) is 2. The Hall–Kier alpha value is -0.520. The lowest BCUT2D eigenvalue weighted by molar-refractivity contribution is 0.159. The number of aromatic nitrogens is 2. The highest BCUT2D eigenvalue weighted by molar-refractivity contribution is 8.00. The molecule has 1 fully saturated rings. The van der Waals surface area contributed by atoms with Crippen LogP contribution in [0.1, 0.15) is 25.7 Å². The summed E-state index contributed by atoms with van der Waals surface area (Å²) in [6.07, 6.45) is 8.02. The first kappa shape index (κ1) is 12.0. The van der Waals surface area contributed by atoms with Gasteiger partial charge in [-0.15, -0.1) is 11.8 Å². The lowest BCUT2D eigenvalue weighted by Gasteiger charge is -2.36. The molecule has 3 N–H and O–H groups in total. The maximum Gasteiger partial charge on any atom is 0.0625 e. The van der Waals surface area contributed by atoms with Crippen LogP contribution in [0.4, 0.5) is 0 Å². The molecule has 2 rings (SSSR count). The molecule has 4 nitrogen and oxygen atoms in total. The van der Waals surface area contributed by atoms with E-state index in [0.29, 0.717) is 5.25 Å². The number of rotatable bonds is 3. The van der Waals surface area contributed by atoms with E-state index in [4.69, 9.17) is 5.73 Å². The Balaban J connectivity index is 1.95. The summed E-state index contributed by atoms with van der Waals surface area (Å²) in [5, 5.41) is 14.0. The van der Waals surface area contributed by atoms with Crippen molar-refractivity contribution in [1.29, 1.82) is 0 Å². The molecule has 1 saturated carbocycles. The minimum atomic E-state index is -0.363. The van der Waals surface area contributed by atoms with Crippen LogP contribution < -0.4 is 5.73 Å². The number of thioether (sulfide) groups is 1. The van der Waals surface area contributed by atoms with E-state index in [-0.39, 0.29) is 12.1 Å². The largest absolute Gasteiger partial charge is 0.394 e. The second-order valence-corrected chi connectivity index (χ2v) is 6.08. The van der Waals surface area contributed by atoms with Crippen LogP contribution in [0.25, 0.3) is 0 Å². The van der Waals surface area contributed by atoms with Gasteiger partial charge in [-0.3, -0.25) is 4.68 Å². The standard InChI is InChI=1S/C11H19N3OS/c1-14-7-10(6-13-14)16-9-3-2-4-11(12,5-9)8-15/h6-7,9,15H,2-5,8,12H2,1H3. The van der Waals surface area contributed by atoms with E-state index in [2.05, 4.69) is 5.10 Å². The summed E-state index contributed by atoms with van der Waals surface area (Å²) >= 11 is 1.83. The van der Waals surface area contributed by atoms with Crippen LogP contribution >= 0.6 is 11.8 Å². The number of aryl methyl sites for hydroxylation is 1. The fourth-order valence-electron chi connectivity index (χ4n) is 2.24. The number of aliphatic hydroxyl groups is 1. The summed E-state index contributed by atoms with van der Waals surface area (Å²) in [7, 11) is 1.92. The first-order valence-corrected chi connectivity index (χ1v) is 6.54. The maximum absolute atomic E-state index is 9.29. The molecule has 2 unspecified atom stereocenters. The van der Waals surface area contributed by atoms with Crippen molar-refractivity contribution in [1.82, 2.24) is 9.78 Å².